The highest BCUT2D eigenvalue weighted by Gasteiger charge is 2.30. The third-order valence-corrected chi connectivity index (χ3v) is 2.54. The first-order chi connectivity index (χ1) is 5.92. The first-order valence-electron chi connectivity index (χ1n) is 4.69. The minimum atomic E-state index is -0.603. The zero-order valence-electron chi connectivity index (χ0n) is 8.29. The Morgan fingerprint density at radius 1 is 1.54 bits per heavy atom. The summed E-state index contributed by atoms with van der Waals surface area (Å²) in [5.41, 5.74) is 4.88. The largest absolute Gasteiger partial charge is 0.390 e. The van der Waals surface area contributed by atoms with Crippen molar-refractivity contribution < 1.29 is 9.90 Å². The molecule has 4 heteroatoms. The van der Waals surface area contributed by atoms with Crippen LogP contribution in [0.3, 0.4) is 0 Å². The van der Waals surface area contributed by atoms with E-state index in [4.69, 9.17) is 5.73 Å². The van der Waals surface area contributed by atoms with Crippen molar-refractivity contribution in [3.63, 3.8) is 0 Å². The lowest BCUT2D eigenvalue weighted by Crippen LogP contribution is -2.49. The predicted molar refractivity (Wildman–Crippen MR) is 50.1 cm³/mol. The second-order valence-corrected chi connectivity index (χ2v) is 4.11. The smallest absolute Gasteiger partial charge is 0.239 e. The van der Waals surface area contributed by atoms with Gasteiger partial charge in [0.2, 0.25) is 5.91 Å². The van der Waals surface area contributed by atoms with Gasteiger partial charge in [0.15, 0.2) is 0 Å². The van der Waals surface area contributed by atoms with Crippen molar-refractivity contribution in [1.82, 2.24) is 4.90 Å². The van der Waals surface area contributed by atoms with Gasteiger partial charge in [0.05, 0.1) is 11.6 Å². The van der Waals surface area contributed by atoms with E-state index >= 15 is 0 Å². The summed E-state index contributed by atoms with van der Waals surface area (Å²) in [6, 6.07) is -0.428. The summed E-state index contributed by atoms with van der Waals surface area (Å²) >= 11 is 0. The van der Waals surface area contributed by atoms with Crippen molar-refractivity contribution in [1.29, 1.82) is 0 Å². The highest BCUT2D eigenvalue weighted by molar-refractivity contribution is 5.81. The van der Waals surface area contributed by atoms with Crippen molar-refractivity contribution >= 4 is 5.91 Å². The summed E-state index contributed by atoms with van der Waals surface area (Å²) < 4.78 is 0. The third kappa shape index (κ3) is 2.67. The lowest BCUT2D eigenvalue weighted by Gasteiger charge is -2.36. The molecule has 1 fully saturated rings. The Bertz CT molecular complexity index is 192. The van der Waals surface area contributed by atoms with E-state index in [1.165, 1.54) is 0 Å². The van der Waals surface area contributed by atoms with Crippen LogP contribution in [0.25, 0.3) is 0 Å². The summed E-state index contributed by atoms with van der Waals surface area (Å²) in [4.78, 5) is 13.2. The fraction of sp³-hybridized carbons (Fsp3) is 0.889. The molecule has 0 unspecified atom stereocenters. The lowest BCUT2D eigenvalue weighted by atomic mass is 9.93. The predicted octanol–water partition coefficient (Wildman–Crippen LogP) is -0.293. The van der Waals surface area contributed by atoms with Gasteiger partial charge in [0.1, 0.15) is 0 Å². The van der Waals surface area contributed by atoms with E-state index in [-0.39, 0.29) is 5.91 Å². The van der Waals surface area contributed by atoms with Gasteiger partial charge in [-0.15, -0.1) is 0 Å². The number of hydrogen-bond acceptors (Lipinski definition) is 3. The first-order valence-corrected chi connectivity index (χ1v) is 4.69. The Morgan fingerprint density at radius 3 is 2.38 bits per heavy atom. The van der Waals surface area contributed by atoms with E-state index in [2.05, 4.69) is 0 Å². The molecular weight excluding hydrogens is 168 g/mol. The molecule has 76 valence electrons. The Hall–Kier alpha value is -0.610. The molecule has 0 radical (unpaired) electrons. The SMILES string of the molecule is C[C@H](N)C(=O)N1CCC(C)(O)CC1. The molecule has 0 bridgehead atoms. The number of piperidine rings is 1. The standard InChI is InChI=1S/C9H18N2O2/c1-7(10)8(12)11-5-3-9(2,13)4-6-11/h7,13H,3-6,10H2,1-2H3/t7-/m0/s1. The second-order valence-electron chi connectivity index (χ2n) is 4.11. The van der Waals surface area contributed by atoms with E-state index in [9.17, 15) is 9.90 Å². The molecule has 0 spiro atoms. The number of carbonyl (C=O) groups excluding carboxylic acids is 1. The molecule has 1 rings (SSSR count). The second kappa shape index (κ2) is 3.64. The van der Waals surface area contributed by atoms with Crippen LogP contribution in [0, 0.1) is 0 Å². The van der Waals surface area contributed by atoms with Gasteiger partial charge in [-0.3, -0.25) is 4.79 Å². The molecule has 0 aromatic heterocycles. The third-order valence-electron chi connectivity index (χ3n) is 2.54. The summed E-state index contributed by atoms with van der Waals surface area (Å²) in [6.07, 6.45) is 1.29. The molecule has 1 amide bonds. The van der Waals surface area contributed by atoms with E-state index in [0.29, 0.717) is 25.9 Å². The maximum Gasteiger partial charge on any atom is 0.239 e. The topological polar surface area (TPSA) is 66.6 Å². The molecule has 0 aromatic carbocycles. The Balaban J connectivity index is 2.46. The van der Waals surface area contributed by atoms with Crippen molar-refractivity contribution in [2.45, 2.75) is 38.3 Å². The zero-order valence-corrected chi connectivity index (χ0v) is 8.29. The van der Waals surface area contributed by atoms with Crippen LogP contribution in [-0.4, -0.2) is 40.6 Å². The number of hydrogen-bond donors (Lipinski definition) is 2. The Kier molecular flexibility index (Phi) is 2.93. The maximum atomic E-state index is 11.4. The van der Waals surface area contributed by atoms with Gasteiger partial charge < -0.3 is 15.7 Å². The van der Waals surface area contributed by atoms with Gasteiger partial charge >= 0.3 is 0 Å². The normalized spacial score (nSPS) is 24.2. The van der Waals surface area contributed by atoms with E-state index < -0.39 is 11.6 Å². The van der Waals surface area contributed by atoms with Crippen LogP contribution in [-0.2, 0) is 4.79 Å². The molecule has 0 saturated carbocycles. The maximum absolute atomic E-state index is 11.4. The van der Waals surface area contributed by atoms with Gasteiger partial charge in [-0.25, -0.2) is 0 Å². The molecule has 0 aromatic rings. The van der Waals surface area contributed by atoms with Crippen LogP contribution in [0.1, 0.15) is 26.7 Å². The zero-order chi connectivity index (χ0) is 10.1. The average molecular weight is 186 g/mol. The first kappa shape index (κ1) is 10.5. The molecule has 1 aliphatic heterocycles. The van der Waals surface area contributed by atoms with Crippen LogP contribution >= 0.6 is 0 Å². The number of likely N-dealkylation sites (tertiary alicyclic amines) is 1. The Labute approximate surface area is 78.7 Å². The molecule has 0 aliphatic carbocycles. The van der Waals surface area contributed by atoms with Crippen molar-refractivity contribution in [2.24, 2.45) is 5.73 Å². The fourth-order valence-electron chi connectivity index (χ4n) is 1.50. The van der Waals surface area contributed by atoms with Gasteiger partial charge in [0, 0.05) is 13.1 Å². The molecule has 1 heterocycles. The number of nitrogens with two attached hydrogens (primary N) is 1. The highest BCUT2D eigenvalue weighted by Crippen LogP contribution is 2.21. The summed E-state index contributed by atoms with van der Waals surface area (Å²) in [6.45, 7) is 4.73. The average Bonchev–Trinajstić information content (AvgIpc) is 2.03. The molecule has 1 aliphatic rings. The van der Waals surface area contributed by atoms with Crippen molar-refractivity contribution in [3.8, 4) is 0 Å². The minimum absolute atomic E-state index is 0.0181. The number of rotatable bonds is 1. The summed E-state index contributed by atoms with van der Waals surface area (Å²) in [7, 11) is 0. The van der Waals surface area contributed by atoms with E-state index in [1.807, 2.05) is 0 Å². The summed E-state index contributed by atoms with van der Waals surface area (Å²) in [5, 5.41) is 9.64. The van der Waals surface area contributed by atoms with Crippen LogP contribution in [0.5, 0.6) is 0 Å². The van der Waals surface area contributed by atoms with E-state index in [1.54, 1.807) is 18.7 Å². The number of carbonyl (C=O) groups is 1. The number of amides is 1. The Morgan fingerprint density at radius 2 is 2.00 bits per heavy atom. The lowest BCUT2D eigenvalue weighted by molar-refractivity contribution is -0.135. The highest BCUT2D eigenvalue weighted by atomic mass is 16.3. The molecule has 1 saturated heterocycles. The molecule has 4 nitrogen and oxygen atoms in total. The monoisotopic (exact) mass is 186 g/mol. The van der Waals surface area contributed by atoms with Gasteiger partial charge in [0.25, 0.3) is 0 Å². The number of nitrogens with zero attached hydrogens (tertiary/aromatic N) is 1. The molecule has 1 atom stereocenters. The molecular formula is C9H18N2O2. The number of aliphatic hydroxyl groups is 1. The van der Waals surface area contributed by atoms with Crippen LogP contribution < -0.4 is 5.73 Å². The molecule has 13 heavy (non-hydrogen) atoms. The van der Waals surface area contributed by atoms with Crippen molar-refractivity contribution in [2.75, 3.05) is 13.1 Å². The van der Waals surface area contributed by atoms with E-state index in [0.717, 1.165) is 0 Å². The minimum Gasteiger partial charge on any atom is -0.390 e. The van der Waals surface area contributed by atoms with Crippen LogP contribution in [0.4, 0.5) is 0 Å². The van der Waals surface area contributed by atoms with Gasteiger partial charge in [-0.1, -0.05) is 0 Å². The van der Waals surface area contributed by atoms with Crippen LogP contribution in [0.2, 0.25) is 0 Å². The van der Waals surface area contributed by atoms with Gasteiger partial charge in [-0.05, 0) is 26.7 Å². The van der Waals surface area contributed by atoms with Gasteiger partial charge in [-0.2, -0.15) is 0 Å². The van der Waals surface area contributed by atoms with Crippen LogP contribution in [0.15, 0.2) is 0 Å². The quantitative estimate of drug-likeness (QED) is 0.591. The van der Waals surface area contributed by atoms with Crippen molar-refractivity contribution in [3.05, 3.63) is 0 Å². The fourth-order valence-corrected chi connectivity index (χ4v) is 1.50. The summed E-state index contributed by atoms with van der Waals surface area (Å²) in [5.74, 6) is -0.0181. The molecule has 3 N–H and O–H groups in total.